The van der Waals surface area contributed by atoms with E-state index in [2.05, 4.69) is 52.2 Å². The minimum absolute atomic E-state index is 0.227. The minimum Gasteiger partial charge on any atom is -0.310 e. The van der Waals surface area contributed by atoms with Gasteiger partial charge in [-0.25, -0.2) is 0 Å². The number of aromatic nitrogens is 1. The molecule has 0 saturated carbocycles. The molecule has 0 amide bonds. The van der Waals surface area contributed by atoms with Gasteiger partial charge in [0.15, 0.2) is 0 Å². The van der Waals surface area contributed by atoms with Gasteiger partial charge in [0, 0.05) is 33.8 Å². The van der Waals surface area contributed by atoms with E-state index in [1.54, 1.807) is 0 Å². The molecule has 112 valence electrons. The number of nitrogens with zero attached hydrogens (tertiary/aromatic N) is 1. The molecular formula is C17H20BrClN2. The molecule has 1 heterocycles. The zero-order chi connectivity index (χ0) is 15.2. The van der Waals surface area contributed by atoms with Gasteiger partial charge in [-0.05, 0) is 49.2 Å². The third-order valence-corrected chi connectivity index (χ3v) is 4.42. The zero-order valence-corrected chi connectivity index (χ0v) is 14.7. The fraction of sp³-hybridized carbons (Fsp3) is 0.353. The van der Waals surface area contributed by atoms with Gasteiger partial charge >= 0.3 is 0 Å². The van der Waals surface area contributed by atoms with Crippen LogP contribution in [0.2, 0.25) is 5.02 Å². The van der Waals surface area contributed by atoms with Gasteiger partial charge in [0.25, 0.3) is 0 Å². The van der Waals surface area contributed by atoms with Crippen LogP contribution in [-0.2, 0) is 6.42 Å². The molecule has 0 saturated heterocycles. The van der Waals surface area contributed by atoms with Gasteiger partial charge in [0.1, 0.15) is 0 Å². The Balaban J connectivity index is 2.27. The number of nitrogens with one attached hydrogen (secondary N) is 1. The Morgan fingerprint density at radius 2 is 2.14 bits per heavy atom. The molecule has 0 spiro atoms. The Morgan fingerprint density at radius 3 is 2.81 bits per heavy atom. The normalized spacial score (nSPS) is 12.4. The molecule has 1 atom stereocenters. The molecule has 2 rings (SSSR count). The second kappa shape index (κ2) is 7.92. The molecule has 0 bridgehead atoms. The third kappa shape index (κ3) is 4.53. The van der Waals surface area contributed by atoms with Gasteiger partial charge in [0.05, 0.1) is 0 Å². The van der Waals surface area contributed by atoms with Crippen LogP contribution in [0.1, 0.15) is 36.2 Å². The highest BCUT2D eigenvalue weighted by atomic mass is 79.9. The van der Waals surface area contributed by atoms with Crippen molar-refractivity contribution in [3.8, 4) is 0 Å². The number of pyridine rings is 1. The monoisotopic (exact) mass is 366 g/mol. The first-order valence-electron chi connectivity index (χ1n) is 7.20. The lowest BCUT2D eigenvalue weighted by Crippen LogP contribution is -2.25. The molecule has 1 unspecified atom stereocenters. The predicted octanol–water partition coefficient (Wildman–Crippen LogP) is 5.09. The molecule has 0 aliphatic carbocycles. The van der Waals surface area contributed by atoms with Crippen LogP contribution in [0.25, 0.3) is 0 Å². The molecule has 0 radical (unpaired) electrons. The van der Waals surface area contributed by atoms with Crippen LogP contribution in [0.4, 0.5) is 0 Å². The number of rotatable bonds is 6. The van der Waals surface area contributed by atoms with Crippen molar-refractivity contribution in [2.45, 2.75) is 32.7 Å². The minimum atomic E-state index is 0.227. The molecule has 0 aliphatic rings. The largest absolute Gasteiger partial charge is 0.310 e. The summed E-state index contributed by atoms with van der Waals surface area (Å²) in [6, 6.07) is 10.3. The second-order valence-corrected chi connectivity index (χ2v) is 6.43. The van der Waals surface area contributed by atoms with Gasteiger partial charge in [-0.2, -0.15) is 0 Å². The van der Waals surface area contributed by atoms with E-state index in [-0.39, 0.29) is 6.04 Å². The summed E-state index contributed by atoms with van der Waals surface area (Å²) in [5, 5.41) is 4.35. The maximum absolute atomic E-state index is 6.05. The first-order valence-corrected chi connectivity index (χ1v) is 8.37. The van der Waals surface area contributed by atoms with E-state index in [1.807, 2.05) is 24.4 Å². The van der Waals surface area contributed by atoms with E-state index < -0.39 is 0 Å². The molecule has 0 fully saturated rings. The van der Waals surface area contributed by atoms with Crippen LogP contribution in [0, 0.1) is 6.92 Å². The van der Waals surface area contributed by atoms with Crippen molar-refractivity contribution in [1.82, 2.24) is 10.3 Å². The lowest BCUT2D eigenvalue weighted by Gasteiger charge is -2.21. The highest BCUT2D eigenvalue weighted by Gasteiger charge is 2.16. The molecule has 1 aromatic carbocycles. The van der Waals surface area contributed by atoms with E-state index in [9.17, 15) is 0 Å². The lowest BCUT2D eigenvalue weighted by atomic mass is 9.99. The molecule has 4 heteroatoms. The Bertz CT molecular complexity index is 601. The Kier molecular flexibility index (Phi) is 6.22. The molecule has 0 aliphatic heterocycles. The highest BCUT2D eigenvalue weighted by Crippen LogP contribution is 2.29. The standard InChI is InChI=1S/C17H20BrClN2/c1-3-8-20-17(11-16-12(2)5-4-9-21-16)14-7-6-13(19)10-15(14)18/h4-7,9-10,17,20H,3,8,11H2,1-2H3. The van der Waals surface area contributed by atoms with Crippen LogP contribution in [0.5, 0.6) is 0 Å². The van der Waals surface area contributed by atoms with Crippen LogP contribution in [0.15, 0.2) is 41.0 Å². The Morgan fingerprint density at radius 1 is 1.33 bits per heavy atom. The second-order valence-electron chi connectivity index (χ2n) is 5.14. The maximum atomic E-state index is 6.05. The molecule has 2 nitrogen and oxygen atoms in total. The van der Waals surface area contributed by atoms with Gasteiger partial charge in [0.2, 0.25) is 0 Å². The van der Waals surface area contributed by atoms with Gasteiger partial charge in [-0.1, -0.05) is 46.6 Å². The van der Waals surface area contributed by atoms with Crippen molar-refractivity contribution < 1.29 is 0 Å². The van der Waals surface area contributed by atoms with Crippen LogP contribution < -0.4 is 5.32 Å². The molecule has 2 aromatic rings. The first-order chi connectivity index (χ1) is 10.1. The highest BCUT2D eigenvalue weighted by molar-refractivity contribution is 9.10. The Hall–Kier alpha value is -0.900. The van der Waals surface area contributed by atoms with Gasteiger partial charge in [-0.15, -0.1) is 0 Å². The quantitative estimate of drug-likeness (QED) is 0.769. The smallest absolute Gasteiger partial charge is 0.0451 e. The molecule has 21 heavy (non-hydrogen) atoms. The summed E-state index contributed by atoms with van der Waals surface area (Å²) in [6.45, 7) is 5.26. The fourth-order valence-corrected chi connectivity index (χ4v) is 3.28. The van der Waals surface area contributed by atoms with Gasteiger partial charge in [-0.3, -0.25) is 4.98 Å². The van der Waals surface area contributed by atoms with Gasteiger partial charge < -0.3 is 5.32 Å². The lowest BCUT2D eigenvalue weighted by molar-refractivity contribution is 0.522. The summed E-state index contributed by atoms with van der Waals surface area (Å²) in [4.78, 5) is 4.52. The van der Waals surface area contributed by atoms with Crippen molar-refractivity contribution in [3.05, 3.63) is 62.8 Å². The average Bonchev–Trinajstić information content (AvgIpc) is 2.46. The first kappa shape index (κ1) is 16.5. The topological polar surface area (TPSA) is 24.9 Å². The molecule has 1 aromatic heterocycles. The van der Waals surface area contributed by atoms with E-state index in [0.29, 0.717) is 0 Å². The van der Waals surface area contributed by atoms with E-state index in [1.165, 1.54) is 11.1 Å². The Labute approximate surface area is 140 Å². The summed E-state index contributed by atoms with van der Waals surface area (Å²) in [5.74, 6) is 0. The predicted molar refractivity (Wildman–Crippen MR) is 92.9 cm³/mol. The number of aryl methyl sites for hydroxylation is 1. The SMILES string of the molecule is CCCNC(Cc1ncccc1C)c1ccc(Cl)cc1Br. The number of hydrogen-bond donors (Lipinski definition) is 1. The number of hydrogen-bond acceptors (Lipinski definition) is 2. The fourth-order valence-electron chi connectivity index (χ4n) is 2.32. The third-order valence-electron chi connectivity index (χ3n) is 3.49. The molecular weight excluding hydrogens is 348 g/mol. The summed E-state index contributed by atoms with van der Waals surface area (Å²) >= 11 is 9.68. The average molecular weight is 368 g/mol. The zero-order valence-electron chi connectivity index (χ0n) is 12.4. The van der Waals surface area contributed by atoms with Crippen molar-refractivity contribution in [1.29, 1.82) is 0 Å². The van der Waals surface area contributed by atoms with Crippen LogP contribution >= 0.6 is 27.5 Å². The summed E-state index contributed by atoms with van der Waals surface area (Å²) in [6.07, 6.45) is 3.83. The van der Waals surface area contributed by atoms with Crippen molar-refractivity contribution in [2.75, 3.05) is 6.54 Å². The van der Waals surface area contributed by atoms with E-state index in [4.69, 9.17) is 11.6 Å². The van der Waals surface area contributed by atoms with Crippen molar-refractivity contribution >= 4 is 27.5 Å². The van der Waals surface area contributed by atoms with Crippen molar-refractivity contribution in [3.63, 3.8) is 0 Å². The number of benzene rings is 1. The summed E-state index contributed by atoms with van der Waals surface area (Å²) < 4.78 is 1.04. The van der Waals surface area contributed by atoms with E-state index >= 15 is 0 Å². The number of halogens is 2. The van der Waals surface area contributed by atoms with Crippen LogP contribution in [-0.4, -0.2) is 11.5 Å². The maximum Gasteiger partial charge on any atom is 0.0451 e. The van der Waals surface area contributed by atoms with Crippen molar-refractivity contribution in [2.24, 2.45) is 0 Å². The van der Waals surface area contributed by atoms with Crippen LogP contribution in [0.3, 0.4) is 0 Å². The van der Waals surface area contributed by atoms with E-state index in [0.717, 1.165) is 34.6 Å². The molecule has 1 N–H and O–H groups in total. The summed E-state index contributed by atoms with van der Waals surface area (Å²) in [5.41, 5.74) is 3.58. The summed E-state index contributed by atoms with van der Waals surface area (Å²) in [7, 11) is 0.